The van der Waals surface area contributed by atoms with E-state index < -0.39 is 6.04 Å². The van der Waals surface area contributed by atoms with E-state index in [1.807, 2.05) is 12.1 Å². The molecular weight excluding hydrogens is 494 g/mol. The molecule has 0 bridgehead atoms. The molecular formula is C22H24BrN5O3S. The molecule has 2 aliphatic rings. The second-order valence-corrected chi connectivity index (χ2v) is 9.87. The number of hydrogen-bond donors (Lipinski definition) is 1. The molecule has 2 aromatic rings. The number of nitriles is 1. The van der Waals surface area contributed by atoms with E-state index in [1.165, 1.54) is 16.7 Å². The van der Waals surface area contributed by atoms with Crippen molar-refractivity contribution in [2.45, 2.75) is 32.0 Å². The van der Waals surface area contributed by atoms with Gasteiger partial charge in [0.05, 0.1) is 48.5 Å². The first-order valence-electron chi connectivity index (χ1n) is 10.4. The summed E-state index contributed by atoms with van der Waals surface area (Å²) in [6, 6.07) is 7.62. The van der Waals surface area contributed by atoms with Gasteiger partial charge < -0.3 is 19.9 Å². The molecule has 1 aromatic heterocycles. The van der Waals surface area contributed by atoms with Crippen LogP contribution >= 0.6 is 27.7 Å². The topological polar surface area (TPSA) is 98.6 Å². The van der Waals surface area contributed by atoms with Crippen molar-refractivity contribution < 1.29 is 14.3 Å². The highest BCUT2D eigenvalue weighted by Gasteiger charge is 2.30. The molecule has 2 saturated heterocycles. The third kappa shape index (κ3) is 4.42. The van der Waals surface area contributed by atoms with E-state index in [9.17, 15) is 14.9 Å². The maximum absolute atomic E-state index is 13.0. The first kappa shape index (κ1) is 22.8. The number of rotatable bonds is 4. The maximum Gasteiger partial charge on any atom is 0.252 e. The molecule has 1 aromatic carbocycles. The summed E-state index contributed by atoms with van der Waals surface area (Å²) in [5.74, 6) is 0.467. The minimum absolute atomic E-state index is 0.150. The van der Waals surface area contributed by atoms with Gasteiger partial charge in [-0.2, -0.15) is 5.26 Å². The van der Waals surface area contributed by atoms with Crippen molar-refractivity contribution in [2.24, 2.45) is 0 Å². The molecule has 2 fully saturated rings. The molecule has 0 saturated carbocycles. The number of ether oxygens (including phenoxy) is 1. The van der Waals surface area contributed by atoms with Gasteiger partial charge in [0, 0.05) is 33.9 Å². The molecule has 0 radical (unpaired) electrons. The van der Waals surface area contributed by atoms with E-state index in [-0.39, 0.29) is 30.4 Å². The molecule has 8 nitrogen and oxygen atoms in total. The molecule has 3 atom stereocenters. The average molecular weight is 518 g/mol. The monoisotopic (exact) mass is 517 g/mol. The molecule has 0 spiro atoms. The maximum atomic E-state index is 13.0. The molecule has 2 amide bonds. The van der Waals surface area contributed by atoms with Crippen LogP contribution in [0.5, 0.6) is 0 Å². The smallest absolute Gasteiger partial charge is 0.252 e. The van der Waals surface area contributed by atoms with Gasteiger partial charge in [-0.05, 0) is 48.0 Å². The number of amides is 2. The van der Waals surface area contributed by atoms with Crippen molar-refractivity contribution in [1.29, 1.82) is 5.26 Å². The fourth-order valence-corrected chi connectivity index (χ4v) is 5.82. The van der Waals surface area contributed by atoms with E-state index in [1.54, 1.807) is 12.3 Å². The van der Waals surface area contributed by atoms with Gasteiger partial charge in [0.15, 0.2) is 0 Å². The zero-order valence-electron chi connectivity index (χ0n) is 17.9. The molecule has 4 rings (SSSR count). The van der Waals surface area contributed by atoms with Crippen LogP contribution < -0.4 is 10.2 Å². The Balaban J connectivity index is 1.59. The summed E-state index contributed by atoms with van der Waals surface area (Å²) < 4.78 is 6.56. The predicted octanol–water partition coefficient (Wildman–Crippen LogP) is 2.77. The van der Waals surface area contributed by atoms with Gasteiger partial charge in [-0.3, -0.25) is 14.6 Å². The number of nitrogens with one attached hydrogen (secondary N) is 1. The summed E-state index contributed by atoms with van der Waals surface area (Å²) in [7, 11) is 0. The van der Waals surface area contributed by atoms with Crippen molar-refractivity contribution in [3.05, 3.63) is 34.4 Å². The SMILES string of the molecule is C[C@@H]1COC[C@H](C)N1c1cc2c(C(=O)NCC(=O)N3CSC[C@H]3C#N)ccnc2cc1Br. The Morgan fingerprint density at radius 2 is 2.09 bits per heavy atom. The van der Waals surface area contributed by atoms with Crippen molar-refractivity contribution in [3.8, 4) is 6.07 Å². The molecule has 0 aliphatic carbocycles. The van der Waals surface area contributed by atoms with Crippen LogP contribution in [0.2, 0.25) is 0 Å². The Labute approximate surface area is 199 Å². The molecule has 1 N–H and O–H groups in total. The van der Waals surface area contributed by atoms with Crippen molar-refractivity contribution in [2.75, 3.05) is 36.3 Å². The number of carbonyl (C=O) groups is 2. The van der Waals surface area contributed by atoms with Crippen LogP contribution in [0.1, 0.15) is 24.2 Å². The minimum atomic E-state index is -0.441. The highest BCUT2D eigenvalue weighted by Crippen LogP contribution is 2.35. The van der Waals surface area contributed by atoms with Crippen LogP contribution in [0, 0.1) is 11.3 Å². The zero-order valence-corrected chi connectivity index (χ0v) is 20.3. The van der Waals surface area contributed by atoms with Crippen LogP contribution in [-0.4, -0.2) is 71.2 Å². The zero-order chi connectivity index (χ0) is 22.8. The summed E-state index contributed by atoms with van der Waals surface area (Å²) in [5.41, 5.74) is 2.12. The van der Waals surface area contributed by atoms with E-state index in [2.05, 4.69) is 51.0 Å². The Kier molecular flexibility index (Phi) is 6.88. The van der Waals surface area contributed by atoms with Crippen molar-refractivity contribution in [3.63, 3.8) is 0 Å². The summed E-state index contributed by atoms with van der Waals surface area (Å²) in [4.78, 5) is 33.7. The molecule has 3 heterocycles. The number of nitrogens with zero attached hydrogens (tertiary/aromatic N) is 4. The Hall–Kier alpha value is -2.35. The number of benzene rings is 1. The van der Waals surface area contributed by atoms with E-state index in [4.69, 9.17) is 4.74 Å². The van der Waals surface area contributed by atoms with E-state index in [0.717, 1.165) is 10.2 Å². The average Bonchev–Trinajstić information content (AvgIpc) is 3.26. The summed E-state index contributed by atoms with van der Waals surface area (Å²) in [6.45, 7) is 5.34. The number of pyridine rings is 1. The first-order chi connectivity index (χ1) is 15.4. The van der Waals surface area contributed by atoms with Crippen molar-refractivity contribution in [1.82, 2.24) is 15.2 Å². The number of halogens is 1. The predicted molar refractivity (Wildman–Crippen MR) is 128 cm³/mol. The lowest BCUT2D eigenvalue weighted by Crippen LogP contribution is -2.49. The van der Waals surface area contributed by atoms with Gasteiger partial charge in [-0.15, -0.1) is 11.8 Å². The third-order valence-electron chi connectivity index (χ3n) is 5.75. The number of thioether (sulfide) groups is 1. The number of carbonyl (C=O) groups excluding carboxylic acids is 2. The quantitative estimate of drug-likeness (QED) is 0.665. The van der Waals surface area contributed by atoms with Crippen LogP contribution in [0.25, 0.3) is 10.9 Å². The second-order valence-electron chi connectivity index (χ2n) is 8.01. The van der Waals surface area contributed by atoms with Gasteiger partial charge in [-0.1, -0.05) is 0 Å². The van der Waals surface area contributed by atoms with Gasteiger partial charge in [0.2, 0.25) is 5.91 Å². The van der Waals surface area contributed by atoms with Gasteiger partial charge >= 0.3 is 0 Å². The fraction of sp³-hybridized carbons (Fsp3) is 0.455. The summed E-state index contributed by atoms with van der Waals surface area (Å²) >= 11 is 5.20. The minimum Gasteiger partial charge on any atom is -0.377 e. The Morgan fingerprint density at radius 3 is 2.81 bits per heavy atom. The van der Waals surface area contributed by atoms with Gasteiger partial charge in [0.1, 0.15) is 6.04 Å². The number of anilines is 1. The van der Waals surface area contributed by atoms with Crippen molar-refractivity contribution >= 4 is 56.1 Å². The number of fused-ring (bicyclic) bond motifs is 1. The Bertz CT molecular complexity index is 1080. The van der Waals surface area contributed by atoms with Gasteiger partial charge in [0.25, 0.3) is 5.91 Å². The lowest BCUT2D eigenvalue weighted by atomic mass is 10.0. The van der Waals surface area contributed by atoms with E-state index >= 15 is 0 Å². The molecule has 2 aliphatic heterocycles. The standard InChI is InChI=1S/C22H24BrN5O3S/c1-13-9-31-10-14(2)28(13)20-5-17-16(3-4-25-19(17)6-18(20)23)22(30)26-8-21(29)27-12-32-11-15(27)7-24/h3-6,13-15H,8-12H2,1-2H3,(H,26,30)/t13-,14+,15-/m1/s1. The second kappa shape index (κ2) is 9.65. The number of aromatic nitrogens is 1. The Morgan fingerprint density at radius 1 is 1.34 bits per heavy atom. The fourth-order valence-electron chi connectivity index (χ4n) is 4.18. The van der Waals surface area contributed by atoms with E-state index in [0.29, 0.717) is 41.3 Å². The summed E-state index contributed by atoms with van der Waals surface area (Å²) in [5, 5.41) is 12.6. The lowest BCUT2D eigenvalue weighted by Gasteiger charge is -2.41. The lowest BCUT2D eigenvalue weighted by molar-refractivity contribution is -0.129. The number of hydrogen-bond acceptors (Lipinski definition) is 7. The number of morpholine rings is 1. The highest BCUT2D eigenvalue weighted by atomic mass is 79.9. The normalized spacial score (nSPS) is 23.2. The molecule has 10 heteroatoms. The first-order valence-corrected chi connectivity index (χ1v) is 12.3. The van der Waals surface area contributed by atoms with Crippen LogP contribution in [0.4, 0.5) is 5.69 Å². The third-order valence-corrected chi connectivity index (χ3v) is 7.40. The van der Waals surface area contributed by atoms with Crippen LogP contribution in [-0.2, 0) is 9.53 Å². The largest absolute Gasteiger partial charge is 0.377 e. The summed E-state index contributed by atoms with van der Waals surface area (Å²) in [6.07, 6.45) is 1.59. The van der Waals surface area contributed by atoms with Gasteiger partial charge in [-0.25, -0.2) is 0 Å². The molecule has 0 unspecified atom stereocenters. The molecule has 168 valence electrons. The molecule has 32 heavy (non-hydrogen) atoms. The van der Waals surface area contributed by atoms with Crippen LogP contribution in [0.3, 0.4) is 0 Å². The van der Waals surface area contributed by atoms with Crippen LogP contribution in [0.15, 0.2) is 28.9 Å². The highest BCUT2D eigenvalue weighted by molar-refractivity contribution is 9.10.